The summed E-state index contributed by atoms with van der Waals surface area (Å²) in [5.74, 6) is -1.31. The van der Waals surface area contributed by atoms with Crippen LogP contribution in [0.5, 0.6) is 0 Å². The Balaban J connectivity index is 2.46. The van der Waals surface area contributed by atoms with Gasteiger partial charge < -0.3 is 10.2 Å². The Morgan fingerprint density at radius 2 is 2.00 bits per heavy atom. The molecule has 0 bridgehead atoms. The molecule has 19 heavy (non-hydrogen) atoms. The van der Waals surface area contributed by atoms with Gasteiger partial charge in [-0.15, -0.1) is 11.6 Å². The number of carbonyl (C=O) groups is 1. The van der Waals surface area contributed by atoms with Crippen molar-refractivity contribution in [3.05, 3.63) is 59.7 Å². The Morgan fingerprint density at radius 3 is 2.47 bits per heavy atom. The lowest BCUT2D eigenvalue weighted by molar-refractivity contribution is -0.155. The van der Waals surface area contributed by atoms with Crippen molar-refractivity contribution in [2.45, 2.75) is 15.8 Å². The molecule has 2 N–H and O–H groups in total. The molecule has 2 unspecified atom stereocenters. The summed E-state index contributed by atoms with van der Waals surface area (Å²) < 4.78 is -0.716. The summed E-state index contributed by atoms with van der Waals surface area (Å²) in [6.07, 6.45) is 5.18. The van der Waals surface area contributed by atoms with Crippen LogP contribution >= 0.6 is 27.5 Å². The maximum atomic E-state index is 11.5. The van der Waals surface area contributed by atoms with E-state index >= 15 is 0 Å². The number of carboxylic acids is 1. The molecule has 2 rings (SSSR count). The quantitative estimate of drug-likeness (QED) is 0.829. The van der Waals surface area contributed by atoms with Gasteiger partial charge in [0.15, 0.2) is 0 Å². The first kappa shape index (κ1) is 14.3. The van der Waals surface area contributed by atoms with E-state index in [1.54, 1.807) is 42.5 Å². The summed E-state index contributed by atoms with van der Waals surface area (Å²) in [6.45, 7) is 0. The van der Waals surface area contributed by atoms with Gasteiger partial charge in [-0.2, -0.15) is 0 Å². The monoisotopic (exact) mass is 342 g/mol. The molecule has 0 aliphatic heterocycles. The molecule has 0 radical (unpaired) electrons. The molecule has 0 aromatic heterocycles. The molecular weight excluding hydrogens is 332 g/mol. The number of rotatable bonds is 3. The lowest BCUT2D eigenvalue weighted by Gasteiger charge is -2.29. The van der Waals surface area contributed by atoms with Gasteiger partial charge in [0.25, 0.3) is 0 Å². The fourth-order valence-electron chi connectivity index (χ4n) is 1.96. The minimum Gasteiger partial charge on any atom is -0.479 e. The lowest BCUT2D eigenvalue weighted by atomic mass is 9.83. The SMILES string of the molecule is O=C(O)C(O)(C1=CCC(Cl)(Br)C=C1)c1ccccc1. The van der Waals surface area contributed by atoms with E-state index in [2.05, 4.69) is 15.9 Å². The van der Waals surface area contributed by atoms with Crippen molar-refractivity contribution >= 4 is 33.5 Å². The van der Waals surface area contributed by atoms with Gasteiger partial charge in [0.1, 0.15) is 3.78 Å². The predicted octanol–water partition coefficient (Wildman–Crippen LogP) is 3.18. The molecule has 1 aliphatic carbocycles. The maximum Gasteiger partial charge on any atom is 0.345 e. The molecule has 1 aromatic carbocycles. The summed E-state index contributed by atoms with van der Waals surface area (Å²) in [7, 11) is 0. The molecule has 0 saturated heterocycles. The van der Waals surface area contributed by atoms with Crippen molar-refractivity contribution in [1.29, 1.82) is 0 Å². The zero-order valence-electron chi connectivity index (χ0n) is 9.88. The van der Waals surface area contributed by atoms with Gasteiger partial charge in [-0.25, -0.2) is 4.79 Å². The zero-order chi connectivity index (χ0) is 14.1. The summed E-state index contributed by atoms with van der Waals surface area (Å²) in [5, 5.41) is 20.0. The molecule has 2 atom stereocenters. The Kier molecular flexibility index (Phi) is 3.85. The van der Waals surface area contributed by atoms with Crippen LogP contribution in [0.2, 0.25) is 0 Å². The fourth-order valence-corrected chi connectivity index (χ4v) is 2.39. The number of benzene rings is 1. The molecule has 100 valence electrons. The number of allylic oxidation sites excluding steroid dienone is 2. The Morgan fingerprint density at radius 1 is 1.37 bits per heavy atom. The van der Waals surface area contributed by atoms with Gasteiger partial charge in [0, 0.05) is 0 Å². The summed E-state index contributed by atoms with van der Waals surface area (Å²) in [6, 6.07) is 8.30. The molecule has 0 spiro atoms. The standard InChI is InChI=1S/C14H12BrClO3/c15-13(16)8-6-11(7-9-13)14(19,12(17)18)10-4-2-1-3-5-10/h1-8,19H,9H2,(H,17,18). The number of hydrogen-bond acceptors (Lipinski definition) is 2. The number of carboxylic acid groups (broad SMARTS) is 1. The molecule has 0 saturated carbocycles. The second-order valence-electron chi connectivity index (χ2n) is 4.34. The Labute approximate surface area is 124 Å². The van der Waals surface area contributed by atoms with Gasteiger partial charge in [-0.3, -0.25) is 0 Å². The Bertz CT molecular complexity index is 551. The molecule has 0 amide bonds. The first-order chi connectivity index (χ1) is 8.86. The van der Waals surface area contributed by atoms with E-state index in [0.29, 0.717) is 17.6 Å². The van der Waals surface area contributed by atoms with Crippen LogP contribution in [0.15, 0.2) is 54.1 Å². The van der Waals surface area contributed by atoms with Crippen LogP contribution in [0, 0.1) is 0 Å². The van der Waals surface area contributed by atoms with E-state index in [1.165, 1.54) is 6.08 Å². The topological polar surface area (TPSA) is 57.5 Å². The van der Waals surface area contributed by atoms with Gasteiger partial charge in [-0.1, -0.05) is 64.5 Å². The van der Waals surface area contributed by atoms with Crippen molar-refractivity contribution in [3.8, 4) is 0 Å². The van der Waals surface area contributed by atoms with Crippen molar-refractivity contribution in [3.63, 3.8) is 0 Å². The minimum absolute atomic E-state index is 0.307. The third kappa shape index (κ3) is 2.76. The molecule has 0 heterocycles. The third-order valence-corrected chi connectivity index (χ3v) is 3.89. The Hall–Kier alpha value is -1.10. The first-order valence-electron chi connectivity index (χ1n) is 5.65. The third-order valence-electron chi connectivity index (χ3n) is 3.02. The maximum absolute atomic E-state index is 11.5. The van der Waals surface area contributed by atoms with Crippen LogP contribution in [-0.2, 0) is 10.4 Å². The molecule has 3 nitrogen and oxygen atoms in total. The summed E-state index contributed by atoms with van der Waals surface area (Å²) in [4.78, 5) is 11.5. The van der Waals surface area contributed by atoms with Gasteiger partial charge in [-0.05, 0) is 17.6 Å². The zero-order valence-corrected chi connectivity index (χ0v) is 12.2. The number of aliphatic hydroxyl groups is 1. The van der Waals surface area contributed by atoms with Crippen molar-refractivity contribution < 1.29 is 15.0 Å². The molecule has 1 aliphatic rings. The number of alkyl halides is 2. The average Bonchev–Trinajstić information content (AvgIpc) is 2.38. The first-order valence-corrected chi connectivity index (χ1v) is 6.82. The van der Waals surface area contributed by atoms with Crippen LogP contribution < -0.4 is 0 Å². The van der Waals surface area contributed by atoms with Crippen LogP contribution in [0.3, 0.4) is 0 Å². The van der Waals surface area contributed by atoms with E-state index < -0.39 is 15.4 Å². The summed E-state index contributed by atoms with van der Waals surface area (Å²) in [5.41, 5.74) is -1.44. The largest absolute Gasteiger partial charge is 0.479 e. The van der Waals surface area contributed by atoms with E-state index in [1.807, 2.05) is 0 Å². The number of halogens is 2. The van der Waals surface area contributed by atoms with Gasteiger partial charge >= 0.3 is 5.97 Å². The number of aliphatic carboxylic acids is 1. The highest BCUT2D eigenvalue weighted by molar-refractivity contribution is 9.10. The molecule has 1 aromatic rings. The van der Waals surface area contributed by atoms with Crippen LogP contribution in [0.4, 0.5) is 0 Å². The fraction of sp³-hybridized carbons (Fsp3) is 0.214. The van der Waals surface area contributed by atoms with Gasteiger partial charge in [0.05, 0.1) is 0 Å². The normalized spacial score (nSPS) is 25.5. The van der Waals surface area contributed by atoms with Gasteiger partial charge in [0.2, 0.25) is 5.60 Å². The molecule has 0 fully saturated rings. The van der Waals surface area contributed by atoms with Crippen LogP contribution in [0.1, 0.15) is 12.0 Å². The van der Waals surface area contributed by atoms with Crippen molar-refractivity contribution in [1.82, 2.24) is 0 Å². The molecule has 5 heteroatoms. The van der Waals surface area contributed by atoms with Crippen molar-refractivity contribution in [2.24, 2.45) is 0 Å². The predicted molar refractivity (Wildman–Crippen MR) is 77.3 cm³/mol. The second kappa shape index (κ2) is 5.12. The lowest BCUT2D eigenvalue weighted by Crippen LogP contribution is -2.38. The average molecular weight is 344 g/mol. The second-order valence-corrected chi connectivity index (χ2v) is 6.89. The smallest absolute Gasteiger partial charge is 0.345 e. The van der Waals surface area contributed by atoms with E-state index in [0.717, 1.165) is 0 Å². The summed E-state index contributed by atoms with van der Waals surface area (Å²) >= 11 is 9.35. The molecular formula is C14H12BrClO3. The van der Waals surface area contributed by atoms with Crippen LogP contribution in [0.25, 0.3) is 0 Å². The minimum atomic E-state index is -2.06. The van der Waals surface area contributed by atoms with E-state index in [4.69, 9.17) is 11.6 Å². The number of hydrogen-bond donors (Lipinski definition) is 2. The van der Waals surface area contributed by atoms with E-state index in [9.17, 15) is 15.0 Å². The van der Waals surface area contributed by atoms with E-state index in [-0.39, 0.29) is 0 Å². The van der Waals surface area contributed by atoms with Crippen molar-refractivity contribution in [2.75, 3.05) is 0 Å². The highest BCUT2D eigenvalue weighted by Crippen LogP contribution is 2.39. The van der Waals surface area contributed by atoms with Crippen LogP contribution in [-0.4, -0.2) is 20.0 Å². The highest BCUT2D eigenvalue weighted by Gasteiger charge is 2.42. The highest BCUT2D eigenvalue weighted by atomic mass is 79.9.